The van der Waals surface area contributed by atoms with Crippen molar-refractivity contribution in [3.63, 3.8) is 0 Å². The van der Waals surface area contributed by atoms with Gasteiger partial charge in [-0.3, -0.25) is 0 Å². The van der Waals surface area contributed by atoms with E-state index in [-0.39, 0.29) is 16.5 Å². The number of aryl methyl sites for hydroxylation is 4. The van der Waals surface area contributed by atoms with Gasteiger partial charge in [0.05, 0.1) is 0 Å². The van der Waals surface area contributed by atoms with Gasteiger partial charge in [-0.1, -0.05) is 223 Å². The summed E-state index contributed by atoms with van der Waals surface area (Å²) in [7, 11) is 0. The number of nitrogens with zero attached hydrogens (tertiary/aromatic N) is 2. The van der Waals surface area contributed by atoms with E-state index in [0.29, 0.717) is 0 Å². The summed E-state index contributed by atoms with van der Waals surface area (Å²) < 4.78 is 1.59. The van der Waals surface area contributed by atoms with E-state index in [4.69, 9.17) is 0 Å². The van der Waals surface area contributed by atoms with Gasteiger partial charge in [-0.15, -0.1) is 0 Å². The zero-order chi connectivity index (χ0) is 51.5. The molecule has 1 aliphatic heterocycles. The number of hydrogen-bond acceptors (Lipinski definition) is 0. The van der Waals surface area contributed by atoms with Crippen LogP contribution in [0.2, 0.25) is 0 Å². The molecule has 1 aliphatic rings. The summed E-state index contributed by atoms with van der Waals surface area (Å²) in [5.74, 6) is 0. The van der Waals surface area contributed by atoms with Crippen LogP contribution in [0.5, 0.6) is 0 Å². The van der Waals surface area contributed by atoms with Crippen LogP contribution in [0.4, 0.5) is 0 Å². The molecule has 0 spiro atoms. The summed E-state index contributed by atoms with van der Waals surface area (Å²) in [4.78, 5) is 0. The van der Waals surface area contributed by atoms with Gasteiger partial charge in [-0.2, -0.15) is 12.8 Å². The van der Waals surface area contributed by atoms with Crippen LogP contribution >= 0.6 is 0 Å². The van der Waals surface area contributed by atoms with E-state index < -0.39 is 0 Å². The molecule has 0 aliphatic carbocycles. The molecule has 0 radical (unpaired) electrons. The summed E-state index contributed by atoms with van der Waals surface area (Å²) in [6.07, 6.45) is 54.9. The van der Waals surface area contributed by atoms with Gasteiger partial charge in [-0.05, 0) is 148 Å². The van der Waals surface area contributed by atoms with Gasteiger partial charge in [0.25, 0.3) is 0 Å². The predicted molar refractivity (Wildman–Crippen MR) is 317 cm³/mol. The molecule has 0 amide bonds. The van der Waals surface area contributed by atoms with Crippen molar-refractivity contribution >= 4 is 11.4 Å². The predicted octanol–water partition coefficient (Wildman–Crippen LogP) is 23.2. The van der Waals surface area contributed by atoms with Gasteiger partial charge in [0.15, 0.2) is 0 Å². The van der Waals surface area contributed by atoms with Crippen LogP contribution in [0.15, 0.2) is 35.9 Å². The molecule has 3 heteroatoms. The molecule has 2 nitrogen and oxygen atoms in total. The van der Waals surface area contributed by atoms with Gasteiger partial charge in [0.1, 0.15) is 0 Å². The molecule has 3 rings (SSSR count). The molecule has 0 unspecified atom stereocenters. The fourth-order valence-corrected chi connectivity index (χ4v) is 10.2. The number of hydrogen-bond donors (Lipinski definition) is 0. The van der Waals surface area contributed by atoms with E-state index in [9.17, 15) is 5.53 Å². The van der Waals surface area contributed by atoms with Crippen molar-refractivity contribution in [1.29, 1.82) is 0 Å². The van der Waals surface area contributed by atoms with Crippen LogP contribution < -0.4 is 0 Å². The molecule has 410 valence electrons. The first-order valence-electron chi connectivity index (χ1n) is 31.1. The number of allylic oxidation sites excluding steroid dienone is 2. The number of unbranched alkanes of at least 4 members (excludes halogenated alkanes) is 25. The topological polar surface area (TPSA) is 25.3 Å². The second-order valence-corrected chi connectivity index (χ2v) is 21.4. The van der Waals surface area contributed by atoms with Gasteiger partial charge < -0.3 is 19.4 Å². The second kappa shape index (κ2) is 47.7. The third-order valence-corrected chi connectivity index (χ3v) is 14.8. The van der Waals surface area contributed by atoms with Crippen molar-refractivity contribution in [3.05, 3.63) is 99.8 Å². The van der Waals surface area contributed by atoms with E-state index in [0.717, 1.165) is 69.2 Å². The molecule has 0 N–H and O–H groups in total. The minimum atomic E-state index is 0. The fraction of sp³-hybridized carbons (Fsp3) is 0.735. The Labute approximate surface area is 455 Å². The Hall–Kier alpha value is -1.99. The van der Waals surface area contributed by atoms with Gasteiger partial charge in [-0.25, -0.2) is 4.70 Å². The average Bonchev–Trinajstić information content (AvgIpc) is 3.71. The normalized spacial score (nSPS) is 12.2. The Balaban J connectivity index is 0.00000161. The molecule has 0 atom stereocenters. The first-order valence-corrected chi connectivity index (χ1v) is 31.1. The summed E-state index contributed by atoms with van der Waals surface area (Å²) in [6, 6.07) is 9.81. The van der Waals surface area contributed by atoms with Gasteiger partial charge in [0.2, 0.25) is 11.4 Å². The maximum absolute atomic E-state index is 12.2. The van der Waals surface area contributed by atoms with Crippen molar-refractivity contribution in [2.24, 2.45) is 0 Å². The molecular formula is C68H118N2Ni. The molecule has 1 heterocycles. The third-order valence-electron chi connectivity index (χ3n) is 14.8. The summed E-state index contributed by atoms with van der Waals surface area (Å²) >= 11 is 0. The van der Waals surface area contributed by atoms with Crippen LogP contribution in [0.1, 0.15) is 332 Å². The van der Waals surface area contributed by atoms with Crippen LogP contribution in [-0.4, -0.2) is 4.70 Å². The van der Waals surface area contributed by atoms with Crippen molar-refractivity contribution in [2.45, 2.75) is 326 Å². The molecule has 0 bridgehead atoms. The Bertz CT molecular complexity index is 1550. The van der Waals surface area contributed by atoms with Gasteiger partial charge >= 0.3 is 16.5 Å². The van der Waals surface area contributed by atoms with E-state index in [2.05, 4.69) is 107 Å². The average molecular weight is 1020 g/mol. The molecule has 0 fully saturated rings. The zero-order valence-electron chi connectivity index (χ0n) is 49.0. The fourth-order valence-electron chi connectivity index (χ4n) is 10.2. The van der Waals surface area contributed by atoms with Gasteiger partial charge in [0, 0.05) is 22.8 Å². The van der Waals surface area contributed by atoms with E-state index >= 15 is 0 Å². The van der Waals surface area contributed by atoms with E-state index in [1.165, 1.54) is 244 Å². The summed E-state index contributed by atoms with van der Waals surface area (Å²) in [5.41, 5.74) is 27.2. The van der Waals surface area contributed by atoms with Crippen molar-refractivity contribution < 1.29 is 21.2 Å². The smallest absolute Gasteiger partial charge is 0.493 e. The molecule has 71 heavy (non-hydrogen) atoms. The van der Waals surface area contributed by atoms with Crippen LogP contribution in [0, 0.1) is 13.8 Å². The molecule has 0 saturated heterocycles. The minimum Gasteiger partial charge on any atom is -0.493 e. The SMILES string of the molecule is CCCCC1=C(c2cc(CCCC)c(CCCC)c(CCCC)c2)[N+](=[N-])C(c2cc(CCCC)c(CCCC)c(CCCC)c2)=C1.[CH2-]CCCCCCCCCCC.[CH2-]CCCCCCCCCCC.[Ni+2]. The molecular weight excluding hydrogens is 903 g/mol. The third kappa shape index (κ3) is 29.6. The largest absolute Gasteiger partial charge is 2.00 e. The maximum atomic E-state index is 12.2. The molecule has 0 aromatic heterocycles. The van der Waals surface area contributed by atoms with E-state index in [1.807, 2.05) is 0 Å². The summed E-state index contributed by atoms with van der Waals surface area (Å²) in [6.45, 7) is 28.3. The minimum absolute atomic E-state index is 0. The molecule has 0 saturated carbocycles. The number of rotatable bonds is 41. The first-order chi connectivity index (χ1) is 34.3. The van der Waals surface area contributed by atoms with Crippen molar-refractivity contribution in [3.8, 4) is 0 Å². The standard InChI is InChI=1S/C44H68N2.2C12H25.Ni/c1-8-15-22-34-29-39(30-35(23-16-9-2)41(34)27-20-13-6)43-33-38(26-19-12-5)44(46(43)45)40-31-36(24-17-10-3)42(28-21-14-7)37(32-40)25-18-11-4;2*1-3-5-7-9-11-12-10-8-6-4-2;/h29-33H,8-28H2,1-7H3;2*1,3-12H2,2H3;/q;2*-1;+2. The first kappa shape index (κ1) is 69.0. The van der Waals surface area contributed by atoms with Crippen molar-refractivity contribution in [2.75, 3.05) is 0 Å². The summed E-state index contributed by atoms with van der Waals surface area (Å²) in [5, 5.41) is 0. The Morgan fingerprint density at radius 1 is 0.338 bits per heavy atom. The number of benzene rings is 2. The maximum Gasteiger partial charge on any atom is 2.00 e. The van der Waals surface area contributed by atoms with Crippen LogP contribution in [0.3, 0.4) is 0 Å². The van der Waals surface area contributed by atoms with E-state index in [1.54, 1.807) is 15.8 Å². The zero-order valence-corrected chi connectivity index (χ0v) is 50.0. The monoisotopic (exact) mass is 1020 g/mol. The van der Waals surface area contributed by atoms with Crippen LogP contribution in [0.25, 0.3) is 16.9 Å². The quantitative estimate of drug-likeness (QED) is 0.0275. The second-order valence-electron chi connectivity index (χ2n) is 21.4. The molecule has 2 aromatic carbocycles. The Kier molecular flexibility index (Phi) is 46.4. The van der Waals surface area contributed by atoms with Crippen LogP contribution in [-0.2, 0) is 55.0 Å². The Morgan fingerprint density at radius 2 is 0.606 bits per heavy atom. The van der Waals surface area contributed by atoms with Crippen molar-refractivity contribution in [1.82, 2.24) is 0 Å². The molecule has 2 aromatic rings. The Morgan fingerprint density at radius 3 is 0.915 bits per heavy atom.